The van der Waals surface area contributed by atoms with Crippen LogP contribution >= 0.6 is 11.3 Å². The van der Waals surface area contributed by atoms with E-state index in [1.54, 1.807) is 11.3 Å². The first-order chi connectivity index (χ1) is 12.8. The van der Waals surface area contributed by atoms with E-state index in [-0.39, 0.29) is 12.0 Å². The first kappa shape index (κ1) is 17.5. The topological polar surface area (TPSA) is 52.1 Å². The average Bonchev–Trinajstić information content (AvgIpc) is 3.34. The van der Waals surface area contributed by atoms with Crippen molar-refractivity contribution in [3.8, 4) is 11.3 Å². The summed E-state index contributed by atoms with van der Waals surface area (Å²) in [5.41, 5.74) is 4.82. The molecule has 5 heteroatoms. The lowest BCUT2D eigenvalue weighted by molar-refractivity contribution is 0.0289. The third-order valence-electron chi connectivity index (χ3n) is 5.42. The normalized spacial score (nSPS) is 21.1. The lowest BCUT2D eigenvalue weighted by Crippen LogP contribution is -2.46. The van der Waals surface area contributed by atoms with E-state index in [1.165, 1.54) is 16.7 Å². The molecule has 1 aromatic carbocycles. The number of aromatic amines is 1. The van der Waals surface area contributed by atoms with Crippen molar-refractivity contribution in [3.63, 3.8) is 0 Å². The van der Waals surface area contributed by atoms with Gasteiger partial charge in [0.25, 0.3) is 0 Å². The van der Waals surface area contributed by atoms with Crippen LogP contribution in [-0.4, -0.2) is 39.9 Å². The maximum atomic E-state index is 10.2. The van der Waals surface area contributed by atoms with E-state index in [0.717, 1.165) is 44.6 Å². The van der Waals surface area contributed by atoms with E-state index in [2.05, 4.69) is 56.2 Å². The number of benzene rings is 1. The molecule has 0 amide bonds. The molecule has 1 fully saturated rings. The van der Waals surface area contributed by atoms with E-state index in [1.807, 2.05) is 12.3 Å². The number of rotatable bonds is 6. The summed E-state index contributed by atoms with van der Waals surface area (Å²) >= 11 is 1.70. The summed E-state index contributed by atoms with van der Waals surface area (Å²) in [4.78, 5) is 2.48. The number of H-pyrrole nitrogens is 1. The Morgan fingerprint density at radius 1 is 1.23 bits per heavy atom. The maximum Gasteiger partial charge on any atom is 0.0703 e. The summed E-state index contributed by atoms with van der Waals surface area (Å²) in [7, 11) is 0. The molecule has 1 aliphatic rings. The second kappa shape index (κ2) is 7.74. The van der Waals surface area contributed by atoms with Crippen LogP contribution < -0.4 is 0 Å². The molecular weight excluding hydrogens is 342 g/mol. The number of aliphatic hydroxyl groups excluding tert-OH is 1. The Labute approximate surface area is 158 Å². The molecule has 4 rings (SSSR count). The molecule has 0 radical (unpaired) electrons. The van der Waals surface area contributed by atoms with Gasteiger partial charge in [0.15, 0.2) is 0 Å². The summed E-state index contributed by atoms with van der Waals surface area (Å²) < 4.78 is 0. The summed E-state index contributed by atoms with van der Waals surface area (Å²) in [6.07, 6.45) is 5.08. The fraction of sp³-hybridized carbons (Fsp3) is 0.381. The van der Waals surface area contributed by atoms with Crippen molar-refractivity contribution in [2.75, 3.05) is 19.7 Å². The number of piperidine rings is 1. The van der Waals surface area contributed by atoms with Crippen LogP contribution in [0.15, 0.2) is 53.4 Å². The van der Waals surface area contributed by atoms with E-state index >= 15 is 0 Å². The Kier molecular flexibility index (Phi) is 5.20. The van der Waals surface area contributed by atoms with Crippen molar-refractivity contribution >= 4 is 11.3 Å². The van der Waals surface area contributed by atoms with Crippen molar-refractivity contribution in [2.45, 2.75) is 25.8 Å². The SMILES string of the molecule is OCC1(Cc2ccccc2)CCCN(Cc2cn[nH]c2-c2ccsc2)C1. The third kappa shape index (κ3) is 3.75. The molecule has 136 valence electrons. The van der Waals surface area contributed by atoms with Gasteiger partial charge in [-0.2, -0.15) is 16.4 Å². The first-order valence-corrected chi connectivity index (χ1v) is 10.1. The average molecular weight is 368 g/mol. The molecule has 1 aliphatic heterocycles. The zero-order chi connectivity index (χ0) is 17.8. The van der Waals surface area contributed by atoms with Gasteiger partial charge in [0.2, 0.25) is 0 Å². The van der Waals surface area contributed by atoms with Gasteiger partial charge in [-0.05, 0) is 42.8 Å². The fourth-order valence-electron chi connectivity index (χ4n) is 4.13. The largest absolute Gasteiger partial charge is 0.396 e. The molecule has 1 unspecified atom stereocenters. The smallest absolute Gasteiger partial charge is 0.0703 e. The third-order valence-corrected chi connectivity index (χ3v) is 6.10. The highest BCUT2D eigenvalue weighted by molar-refractivity contribution is 7.08. The molecule has 1 atom stereocenters. The van der Waals surface area contributed by atoms with Crippen molar-refractivity contribution in [2.24, 2.45) is 5.41 Å². The van der Waals surface area contributed by atoms with Gasteiger partial charge in [-0.25, -0.2) is 0 Å². The number of thiophene rings is 1. The number of nitrogens with zero attached hydrogens (tertiary/aromatic N) is 2. The summed E-state index contributed by atoms with van der Waals surface area (Å²) in [6, 6.07) is 12.7. The monoisotopic (exact) mass is 367 g/mol. The van der Waals surface area contributed by atoms with E-state index < -0.39 is 0 Å². The van der Waals surface area contributed by atoms with Crippen LogP contribution in [-0.2, 0) is 13.0 Å². The quantitative estimate of drug-likeness (QED) is 0.693. The van der Waals surface area contributed by atoms with Gasteiger partial charge in [0.05, 0.1) is 18.5 Å². The van der Waals surface area contributed by atoms with Crippen LogP contribution in [0.1, 0.15) is 24.0 Å². The van der Waals surface area contributed by atoms with E-state index in [9.17, 15) is 5.11 Å². The van der Waals surface area contributed by atoms with Gasteiger partial charge in [0.1, 0.15) is 0 Å². The van der Waals surface area contributed by atoms with Crippen molar-refractivity contribution < 1.29 is 5.11 Å². The number of nitrogens with one attached hydrogen (secondary N) is 1. The second-order valence-corrected chi connectivity index (χ2v) is 8.20. The van der Waals surface area contributed by atoms with Crippen LogP contribution in [0.5, 0.6) is 0 Å². The predicted octanol–water partition coefficient (Wildman–Crippen LogP) is 3.96. The second-order valence-electron chi connectivity index (χ2n) is 7.42. The molecule has 0 saturated carbocycles. The highest BCUT2D eigenvalue weighted by Crippen LogP contribution is 2.35. The van der Waals surface area contributed by atoms with E-state index in [0.29, 0.717) is 0 Å². The molecular formula is C21H25N3OS. The van der Waals surface area contributed by atoms with Crippen LogP contribution in [0, 0.1) is 5.41 Å². The Morgan fingerprint density at radius 3 is 2.88 bits per heavy atom. The minimum absolute atomic E-state index is 0.0497. The fourth-order valence-corrected chi connectivity index (χ4v) is 4.78. The molecule has 3 heterocycles. The molecule has 4 nitrogen and oxygen atoms in total. The Morgan fingerprint density at radius 2 is 2.12 bits per heavy atom. The van der Waals surface area contributed by atoms with Crippen molar-refractivity contribution in [1.82, 2.24) is 15.1 Å². The number of hydrogen-bond donors (Lipinski definition) is 2. The first-order valence-electron chi connectivity index (χ1n) is 9.20. The molecule has 26 heavy (non-hydrogen) atoms. The van der Waals surface area contributed by atoms with Crippen molar-refractivity contribution in [3.05, 3.63) is 64.5 Å². The molecule has 0 bridgehead atoms. The van der Waals surface area contributed by atoms with Crippen LogP contribution in [0.25, 0.3) is 11.3 Å². The van der Waals surface area contributed by atoms with Crippen LogP contribution in [0.2, 0.25) is 0 Å². The minimum Gasteiger partial charge on any atom is -0.396 e. The highest BCUT2D eigenvalue weighted by atomic mass is 32.1. The number of aromatic nitrogens is 2. The number of likely N-dealkylation sites (tertiary alicyclic amines) is 1. The minimum atomic E-state index is -0.0497. The van der Waals surface area contributed by atoms with Gasteiger partial charge >= 0.3 is 0 Å². The zero-order valence-electron chi connectivity index (χ0n) is 14.9. The summed E-state index contributed by atoms with van der Waals surface area (Å²) in [5.74, 6) is 0. The Bertz CT molecular complexity index is 815. The number of aliphatic hydroxyl groups is 1. The van der Waals surface area contributed by atoms with Gasteiger partial charge in [-0.15, -0.1) is 0 Å². The lowest BCUT2D eigenvalue weighted by atomic mass is 9.75. The molecule has 2 N–H and O–H groups in total. The molecule has 0 spiro atoms. The standard InChI is InChI=1S/C21H25N3OS/c25-16-21(11-17-5-2-1-3-6-17)8-4-9-24(15-21)13-19-12-22-23-20(19)18-7-10-26-14-18/h1-3,5-7,10,12,14,25H,4,8-9,11,13,15-16H2,(H,22,23). The van der Waals surface area contributed by atoms with Gasteiger partial charge in [-0.1, -0.05) is 30.3 Å². The molecule has 2 aromatic heterocycles. The van der Waals surface area contributed by atoms with Crippen molar-refractivity contribution in [1.29, 1.82) is 0 Å². The lowest BCUT2D eigenvalue weighted by Gasteiger charge is -2.42. The van der Waals surface area contributed by atoms with E-state index in [4.69, 9.17) is 0 Å². The van der Waals surface area contributed by atoms with Gasteiger partial charge in [-0.3, -0.25) is 10.00 Å². The number of hydrogen-bond acceptors (Lipinski definition) is 4. The molecule has 0 aliphatic carbocycles. The highest BCUT2D eigenvalue weighted by Gasteiger charge is 2.35. The van der Waals surface area contributed by atoms with Gasteiger partial charge < -0.3 is 5.11 Å². The van der Waals surface area contributed by atoms with Crippen LogP contribution in [0.3, 0.4) is 0 Å². The summed E-state index contributed by atoms with van der Waals surface area (Å²) in [5, 5.41) is 21.9. The maximum absolute atomic E-state index is 10.2. The zero-order valence-corrected chi connectivity index (χ0v) is 15.7. The van der Waals surface area contributed by atoms with Crippen LogP contribution in [0.4, 0.5) is 0 Å². The Balaban J connectivity index is 1.49. The summed E-state index contributed by atoms with van der Waals surface area (Å²) in [6.45, 7) is 3.11. The predicted molar refractivity (Wildman–Crippen MR) is 106 cm³/mol. The molecule has 1 saturated heterocycles. The Hall–Kier alpha value is -1.95. The molecule has 3 aromatic rings. The van der Waals surface area contributed by atoms with Gasteiger partial charge in [0, 0.05) is 35.0 Å².